The van der Waals surface area contributed by atoms with Crippen LogP contribution in [0.5, 0.6) is 0 Å². The van der Waals surface area contributed by atoms with Crippen molar-refractivity contribution in [3.05, 3.63) is 35.9 Å². The van der Waals surface area contributed by atoms with Crippen LogP contribution in [0.25, 0.3) is 0 Å². The molecule has 0 unspecified atom stereocenters. The Morgan fingerprint density at radius 2 is 2.10 bits per heavy atom. The predicted octanol–water partition coefficient (Wildman–Crippen LogP) is 1.27. The fourth-order valence-corrected chi connectivity index (χ4v) is 2.96. The van der Waals surface area contributed by atoms with Crippen molar-refractivity contribution < 1.29 is 4.79 Å². The molecule has 1 heterocycles. The molecule has 3 N–H and O–H groups in total. The first kappa shape index (κ1) is 13.9. The number of hydrogen-bond acceptors (Lipinski definition) is 2. The fourth-order valence-electron chi connectivity index (χ4n) is 2.96. The molecule has 0 spiro atoms. The quantitative estimate of drug-likeness (QED) is 0.647. The van der Waals surface area contributed by atoms with E-state index >= 15 is 0 Å². The van der Waals surface area contributed by atoms with Crippen LogP contribution < -0.4 is 11.1 Å². The van der Waals surface area contributed by atoms with Crippen LogP contribution in [0.1, 0.15) is 30.9 Å². The molecule has 5 nitrogen and oxygen atoms in total. The van der Waals surface area contributed by atoms with Gasteiger partial charge in [0.1, 0.15) is 0 Å². The zero-order valence-electron chi connectivity index (χ0n) is 12.3. The number of nitrogens with two attached hydrogens (primary N) is 1. The molecule has 1 aromatic rings. The lowest BCUT2D eigenvalue weighted by molar-refractivity contribution is -0.127. The number of aliphatic imine (C=N–C) groups is 1. The third-order valence-electron chi connectivity index (χ3n) is 4.26. The number of nitrogens with zero attached hydrogens (tertiary/aromatic N) is 2. The normalized spacial score (nSPS) is 26.2. The third kappa shape index (κ3) is 3.17. The number of hydrogen-bond donors (Lipinski definition) is 2. The molecule has 1 saturated heterocycles. The van der Waals surface area contributed by atoms with E-state index in [0.717, 1.165) is 0 Å². The minimum absolute atomic E-state index is 0.0937. The molecular weight excluding hydrogens is 264 g/mol. The zero-order chi connectivity index (χ0) is 14.8. The van der Waals surface area contributed by atoms with Crippen molar-refractivity contribution in [2.24, 2.45) is 16.6 Å². The molecule has 1 aliphatic carbocycles. The average Bonchev–Trinajstić information content (AvgIpc) is 3.24. The summed E-state index contributed by atoms with van der Waals surface area (Å²) in [7, 11) is 1.87. The Morgan fingerprint density at radius 1 is 1.38 bits per heavy atom. The van der Waals surface area contributed by atoms with Gasteiger partial charge in [0.2, 0.25) is 5.91 Å². The van der Waals surface area contributed by atoms with Gasteiger partial charge in [0.15, 0.2) is 5.96 Å². The second-order valence-corrected chi connectivity index (χ2v) is 5.97. The van der Waals surface area contributed by atoms with E-state index < -0.39 is 0 Å². The van der Waals surface area contributed by atoms with Gasteiger partial charge < -0.3 is 16.0 Å². The SMILES string of the molecule is CN1C(=O)C[C@@H](CN=C(N)NC2CC2)[C@@H]1c1ccccc1. The van der Waals surface area contributed by atoms with Gasteiger partial charge in [0.25, 0.3) is 0 Å². The van der Waals surface area contributed by atoms with Crippen molar-refractivity contribution in [1.29, 1.82) is 0 Å². The molecule has 0 aromatic heterocycles. The molecule has 5 heteroatoms. The van der Waals surface area contributed by atoms with Crippen LogP contribution >= 0.6 is 0 Å². The van der Waals surface area contributed by atoms with Crippen LogP contribution in [0, 0.1) is 5.92 Å². The van der Waals surface area contributed by atoms with Gasteiger partial charge in [-0.3, -0.25) is 9.79 Å². The highest BCUT2D eigenvalue weighted by Gasteiger charge is 2.38. The van der Waals surface area contributed by atoms with Gasteiger partial charge in [0.05, 0.1) is 6.04 Å². The molecule has 1 saturated carbocycles. The largest absolute Gasteiger partial charge is 0.370 e. The zero-order valence-corrected chi connectivity index (χ0v) is 12.3. The fraction of sp³-hybridized carbons (Fsp3) is 0.500. The highest BCUT2D eigenvalue weighted by molar-refractivity contribution is 5.80. The maximum absolute atomic E-state index is 12.0. The second-order valence-electron chi connectivity index (χ2n) is 5.97. The number of benzene rings is 1. The lowest BCUT2D eigenvalue weighted by Gasteiger charge is -2.24. The van der Waals surface area contributed by atoms with E-state index in [-0.39, 0.29) is 17.9 Å². The summed E-state index contributed by atoms with van der Waals surface area (Å²) in [6, 6.07) is 10.8. The third-order valence-corrected chi connectivity index (χ3v) is 4.26. The van der Waals surface area contributed by atoms with E-state index in [1.54, 1.807) is 0 Å². The van der Waals surface area contributed by atoms with Crippen LogP contribution in [-0.4, -0.2) is 36.4 Å². The van der Waals surface area contributed by atoms with Gasteiger partial charge in [-0.1, -0.05) is 30.3 Å². The lowest BCUT2D eigenvalue weighted by atomic mass is 9.94. The summed E-state index contributed by atoms with van der Waals surface area (Å²) in [6.45, 7) is 0.585. The van der Waals surface area contributed by atoms with Crippen LogP contribution in [0.2, 0.25) is 0 Å². The molecule has 0 bridgehead atoms. The van der Waals surface area contributed by atoms with Crippen molar-refractivity contribution >= 4 is 11.9 Å². The first-order valence-electron chi connectivity index (χ1n) is 7.52. The Morgan fingerprint density at radius 3 is 2.76 bits per heavy atom. The van der Waals surface area contributed by atoms with Gasteiger partial charge >= 0.3 is 0 Å². The Hall–Kier alpha value is -2.04. The summed E-state index contributed by atoms with van der Waals surface area (Å²) >= 11 is 0. The minimum atomic E-state index is 0.0937. The monoisotopic (exact) mass is 286 g/mol. The molecule has 1 amide bonds. The Bertz CT molecular complexity index is 538. The maximum atomic E-state index is 12.0. The summed E-state index contributed by atoms with van der Waals surface area (Å²) in [4.78, 5) is 18.3. The molecular formula is C16H22N4O. The van der Waals surface area contributed by atoms with Crippen molar-refractivity contribution in [2.45, 2.75) is 31.3 Å². The molecule has 2 aliphatic rings. The summed E-state index contributed by atoms with van der Waals surface area (Å²) in [5.41, 5.74) is 7.05. The summed E-state index contributed by atoms with van der Waals surface area (Å²) in [5, 5.41) is 3.18. The molecule has 1 aliphatic heterocycles. The maximum Gasteiger partial charge on any atom is 0.223 e. The molecule has 0 radical (unpaired) electrons. The second kappa shape index (κ2) is 5.76. The van der Waals surface area contributed by atoms with Gasteiger partial charge in [-0.15, -0.1) is 0 Å². The van der Waals surface area contributed by atoms with Gasteiger partial charge in [-0.25, -0.2) is 0 Å². The highest BCUT2D eigenvalue weighted by Crippen LogP contribution is 2.36. The number of amides is 1. The lowest BCUT2D eigenvalue weighted by Crippen LogP contribution is -2.34. The van der Waals surface area contributed by atoms with Crippen molar-refractivity contribution in [1.82, 2.24) is 10.2 Å². The first-order chi connectivity index (χ1) is 10.1. The van der Waals surface area contributed by atoms with Crippen LogP contribution in [0.3, 0.4) is 0 Å². The van der Waals surface area contributed by atoms with E-state index in [0.29, 0.717) is 25.0 Å². The van der Waals surface area contributed by atoms with E-state index in [1.165, 1.54) is 18.4 Å². The molecule has 1 aromatic carbocycles. The summed E-state index contributed by atoms with van der Waals surface area (Å²) in [5.74, 6) is 0.869. The van der Waals surface area contributed by atoms with Crippen LogP contribution in [0.15, 0.2) is 35.3 Å². The van der Waals surface area contributed by atoms with Crippen molar-refractivity contribution in [3.8, 4) is 0 Å². The van der Waals surface area contributed by atoms with Crippen LogP contribution in [-0.2, 0) is 4.79 Å². The molecule has 3 rings (SSSR count). The van der Waals surface area contributed by atoms with E-state index in [4.69, 9.17) is 5.73 Å². The predicted molar refractivity (Wildman–Crippen MR) is 82.7 cm³/mol. The number of rotatable bonds is 4. The molecule has 21 heavy (non-hydrogen) atoms. The van der Waals surface area contributed by atoms with Gasteiger partial charge in [0, 0.05) is 32.0 Å². The molecule has 2 atom stereocenters. The van der Waals surface area contributed by atoms with Crippen molar-refractivity contribution in [3.63, 3.8) is 0 Å². The average molecular weight is 286 g/mol. The minimum Gasteiger partial charge on any atom is -0.370 e. The Balaban J connectivity index is 1.71. The topological polar surface area (TPSA) is 70.7 Å². The summed E-state index contributed by atoms with van der Waals surface area (Å²) < 4.78 is 0. The first-order valence-corrected chi connectivity index (χ1v) is 7.52. The Kier molecular flexibility index (Phi) is 3.82. The summed E-state index contributed by atoms with van der Waals surface area (Å²) in [6.07, 6.45) is 2.89. The van der Waals surface area contributed by atoms with Gasteiger partial charge in [-0.2, -0.15) is 0 Å². The standard InChI is InChI=1S/C16H22N4O/c1-20-14(21)9-12(10-18-16(17)19-13-7-8-13)15(20)11-5-3-2-4-6-11/h2-6,12-13,15H,7-10H2,1H3,(H3,17,18,19)/t12-,15-/m0/s1. The number of carbonyl (C=O) groups is 1. The van der Waals surface area contributed by atoms with E-state index in [1.807, 2.05) is 30.1 Å². The number of nitrogens with one attached hydrogen (secondary N) is 1. The molecule has 2 fully saturated rings. The highest BCUT2D eigenvalue weighted by atomic mass is 16.2. The van der Waals surface area contributed by atoms with Gasteiger partial charge in [-0.05, 0) is 18.4 Å². The van der Waals surface area contributed by atoms with Crippen molar-refractivity contribution in [2.75, 3.05) is 13.6 Å². The molecule has 112 valence electrons. The van der Waals surface area contributed by atoms with E-state index in [9.17, 15) is 4.79 Å². The van der Waals surface area contributed by atoms with Crippen LogP contribution in [0.4, 0.5) is 0 Å². The number of carbonyl (C=O) groups excluding carboxylic acids is 1. The Labute approximate surface area is 125 Å². The number of likely N-dealkylation sites (tertiary alicyclic amines) is 1. The van der Waals surface area contributed by atoms with E-state index in [2.05, 4.69) is 22.4 Å². The number of guanidine groups is 1. The smallest absolute Gasteiger partial charge is 0.223 e.